The number of anilines is 1. The summed E-state index contributed by atoms with van der Waals surface area (Å²) in [4.78, 5) is 26.3. The first-order valence-electron chi connectivity index (χ1n) is 9.82. The van der Waals surface area contributed by atoms with Crippen molar-refractivity contribution in [1.29, 1.82) is 0 Å². The lowest BCUT2D eigenvalue weighted by Crippen LogP contribution is -2.26. The van der Waals surface area contributed by atoms with Crippen molar-refractivity contribution >= 4 is 17.5 Å². The number of hydrogen-bond donors (Lipinski definition) is 2. The largest absolute Gasteiger partial charge is 0.378 e. The highest BCUT2D eigenvalue weighted by molar-refractivity contribution is 5.94. The zero-order valence-electron chi connectivity index (χ0n) is 17.2. The second kappa shape index (κ2) is 9.29. The second-order valence-electron chi connectivity index (χ2n) is 7.50. The van der Waals surface area contributed by atoms with Crippen LogP contribution in [-0.2, 0) is 4.79 Å². The van der Waals surface area contributed by atoms with Crippen LogP contribution in [0.15, 0.2) is 48.5 Å². The molecule has 0 spiro atoms. The van der Waals surface area contributed by atoms with Gasteiger partial charge in [-0.25, -0.2) is 0 Å². The normalized spacial score (nSPS) is 16.9. The summed E-state index contributed by atoms with van der Waals surface area (Å²) in [6.45, 7) is 2.63. The molecule has 1 aliphatic carbocycles. The highest BCUT2D eigenvalue weighted by Gasteiger charge is 2.44. The van der Waals surface area contributed by atoms with Gasteiger partial charge < -0.3 is 15.5 Å². The van der Waals surface area contributed by atoms with Gasteiger partial charge in [0, 0.05) is 31.3 Å². The summed E-state index contributed by atoms with van der Waals surface area (Å²) in [7, 11) is 3.91. The third kappa shape index (κ3) is 5.39. The van der Waals surface area contributed by atoms with Crippen LogP contribution in [0.4, 0.5) is 5.69 Å². The van der Waals surface area contributed by atoms with Gasteiger partial charge in [-0.1, -0.05) is 36.1 Å². The zero-order valence-corrected chi connectivity index (χ0v) is 17.2. The first-order valence-corrected chi connectivity index (χ1v) is 9.82. The Hall–Kier alpha value is -3.26. The molecular weight excluding hydrogens is 362 g/mol. The molecule has 0 bridgehead atoms. The second-order valence-corrected chi connectivity index (χ2v) is 7.50. The van der Waals surface area contributed by atoms with Crippen molar-refractivity contribution in [1.82, 2.24) is 10.6 Å². The molecule has 2 amide bonds. The summed E-state index contributed by atoms with van der Waals surface area (Å²) in [5.74, 6) is 6.03. The molecule has 0 aromatic heterocycles. The number of amides is 2. The van der Waals surface area contributed by atoms with Gasteiger partial charge in [-0.3, -0.25) is 9.59 Å². The number of aryl methyl sites for hydroxylation is 1. The lowest BCUT2D eigenvalue weighted by Gasteiger charge is -2.12. The number of rotatable bonds is 6. The smallest absolute Gasteiger partial charge is 0.252 e. The highest BCUT2D eigenvalue weighted by Crippen LogP contribution is 2.48. The fourth-order valence-corrected chi connectivity index (χ4v) is 3.36. The Kier molecular flexibility index (Phi) is 6.56. The number of nitrogens with zero attached hydrogens (tertiary/aromatic N) is 1. The Morgan fingerprint density at radius 2 is 1.66 bits per heavy atom. The molecule has 3 rings (SSSR count). The monoisotopic (exact) mass is 389 g/mol. The van der Waals surface area contributed by atoms with E-state index in [2.05, 4.69) is 41.5 Å². The fraction of sp³-hybridized carbons (Fsp3) is 0.333. The molecule has 150 valence electrons. The zero-order chi connectivity index (χ0) is 20.8. The standard InChI is InChI=1S/C24H27N3O2/c1-17-8-4-5-9-20(17)21-16-22(21)24(29)26-15-7-6-14-25-23(28)18-10-12-19(13-11-18)27(2)3/h4-5,8-13,21-22H,14-16H2,1-3H3,(H,25,28)(H,26,29)/t21-,22+/m0/s1. The molecule has 0 radical (unpaired) electrons. The summed E-state index contributed by atoms with van der Waals surface area (Å²) in [6.07, 6.45) is 0.896. The molecule has 2 N–H and O–H groups in total. The van der Waals surface area contributed by atoms with Crippen LogP contribution in [0.5, 0.6) is 0 Å². The van der Waals surface area contributed by atoms with E-state index < -0.39 is 0 Å². The van der Waals surface area contributed by atoms with E-state index in [4.69, 9.17) is 0 Å². The van der Waals surface area contributed by atoms with E-state index in [1.54, 1.807) is 12.1 Å². The summed E-state index contributed by atoms with van der Waals surface area (Å²) in [6, 6.07) is 15.6. The van der Waals surface area contributed by atoms with Gasteiger partial charge in [-0.05, 0) is 54.7 Å². The Morgan fingerprint density at radius 1 is 1.00 bits per heavy atom. The van der Waals surface area contributed by atoms with Crippen molar-refractivity contribution in [3.05, 3.63) is 65.2 Å². The third-order valence-electron chi connectivity index (χ3n) is 5.17. The van der Waals surface area contributed by atoms with Gasteiger partial charge in [-0.15, -0.1) is 0 Å². The Balaban J connectivity index is 1.37. The van der Waals surface area contributed by atoms with Gasteiger partial charge in [0.15, 0.2) is 0 Å². The lowest BCUT2D eigenvalue weighted by atomic mass is 10.0. The number of carbonyl (C=O) groups excluding carboxylic acids is 2. The third-order valence-corrected chi connectivity index (χ3v) is 5.17. The molecule has 5 nitrogen and oxygen atoms in total. The molecule has 2 aromatic rings. The Morgan fingerprint density at radius 3 is 2.31 bits per heavy atom. The van der Waals surface area contributed by atoms with Crippen LogP contribution in [0.25, 0.3) is 0 Å². The molecule has 0 heterocycles. The first-order chi connectivity index (χ1) is 14.0. The van der Waals surface area contributed by atoms with Gasteiger partial charge in [0.2, 0.25) is 5.91 Å². The molecule has 0 saturated heterocycles. The maximum absolute atomic E-state index is 12.2. The molecule has 0 unspecified atom stereocenters. The number of carbonyl (C=O) groups is 2. The summed E-state index contributed by atoms with van der Waals surface area (Å²) in [5, 5.41) is 5.64. The summed E-state index contributed by atoms with van der Waals surface area (Å²) < 4.78 is 0. The van der Waals surface area contributed by atoms with Crippen LogP contribution in [0.1, 0.15) is 33.8 Å². The van der Waals surface area contributed by atoms with Crippen molar-refractivity contribution in [2.24, 2.45) is 5.92 Å². The van der Waals surface area contributed by atoms with Crippen LogP contribution < -0.4 is 15.5 Å². The SMILES string of the molecule is Cc1ccccc1[C@@H]1C[C@H]1C(=O)NCC#CCNC(=O)c1ccc(N(C)C)cc1. The van der Waals surface area contributed by atoms with E-state index in [0.717, 1.165) is 12.1 Å². The topological polar surface area (TPSA) is 61.4 Å². The molecular formula is C24H27N3O2. The maximum Gasteiger partial charge on any atom is 0.252 e. The quantitative estimate of drug-likeness (QED) is 0.747. The predicted octanol–water partition coefficient (Wildman–Crippen LogP) is 2.71. The van der Waals surface area contributed by atoms with Gasteiger partial charge in [0.1, 0.15) is 0 Å². The molecule has 2 atom stereocenters. The minimum Gasteiger partial charge on any atom is -0.378 e. The van der Waals surface area contributed by atoms with E-state index in [-0.39, 0.29) is 24.3 Å². The van der Waals surface area contributed by atoms with E-state index in [1.165, 1.54) is 11.1 Å². The Labute approximate surface area is 172 Å². The first kappa shape index (κ1) is 20.5. The van der Waals surface area contributed by atoms with Crippen molar-refractivity contribution < 1.29 is 9.59 Å². The van der Waals surface area contributed by atoms with E-state index in [9.17, 15) is 9.59 Å². The minimum absolute atomic E-state index is 0.0442. The molecule has 1 saturated carbocycles. The number of hydrogen-bond acceptors (Lipinski definition) is 3. The fourth-order valence-electron chi connectivity index (χ4n) is 3.36. The molecule has 5 heteroatoms. The van der Waals surface area contributed by atoms with E-state index in [1.807, 2.05) is 43.3 Å². The van der Waals surface area contributed by atoms with Gasteiger partial charge in [0.25, 0.3) is 5.91 Å². The van der Waals surface area contributed by atoms with Crippen LogP contribution >= 0.6 is 0 Å². The van der Waals surface area contributed by atoms with E-state index >= 15 is 0 Å². The van der Waals surface area contributed by atoms with Crippen molar-refractivity contribution in [2.75, 3.05) is 32.1 Å². The van der Waals surface area contributed by atoms with Crippen molar-refractivity contribution in [3.63, 3.8) is 0 Å². The van der Waals surface area contributed by atoms with Gasteiger partial charge >= 0.3 is 0 Å². The van der Waals surface area contributed by atoms with Crippen LogP contribution in [0.2, 0.25) is 0 Å². The Bertz CT molecular complexity index is 939. The molecule has 1 aliphatic rings. The van der Waals surface area contributed by atoms with Crippen molar-refractivity contribution in [2.45, 2.75) is 19.3 Å². The maximum atomic E-state index is 12.2. The van der Waals surface area contributed by atoms with Gasteiger partial charge in [-0.2, -0.15) is 0 Å². The summed E-state index contributed by atoms with van der Waals surface area (Å²) in [5.41, 5.74) is 4.14. The highest BCUT2D eigenvalue weighted by atomic mass is 16.2. The molecule has 2 aromatic carbocycles. The average Bonchev–Trinajstić information content (AvgIpc) is 3.51. The molecule has 1 fully saturated rings. The van der Waals surface area contributed by atoms with E-state index in [0.29, 0.717) is 18.0 Å². The predicted molar refractivity (Wildman–Crippen MR) is 116 cm³/mol. The lowest BCUT2D eigenvalue weighted by molar-refractivity contribution is -0.122. The number of benzene rings is 2. The van der Waals surface area contributed by atoms with Crippen LogP contribution in [0, 0.1) is 24.7 Å². The minimum atomic E-state index is -0.160. The summed E-state index contributed by atoms with van der Waals surface area (Å²) >= 11 is 0. The van der Waals surface area contributed by atoms with Gasteiger partial charge in [0.05, 0.1) is 13.1 Å². The average molecular weight is 389 g/mol. The van der Waals surface area contributed by atoms with Crippen LogP contribution in [0.3, 0.4) is 0 Å². The molecule has 29 heavy (non-hydrogen) atoms. The number of nitrogens with one attached hydrogen (secondary N) is 2. The van der Waals surface area contributed by atoms with Crippen molar-refractivity contribution in [3.8, 4) is 11.8 Å². The van der Waals surface area contributed by atoms with Crippen LogP contribution in [-0.4, -0.2) is 39.0 Å². The molecule has 0 aliphatic heterocycles.